The van der Waals surface area contributed by atoms with E-state index in [1.54, 1.807) is 48.5 Å². The lowest BCUT2D eigenvalue weighted by Crippen LogP contribution is -2.38. The first-order chi connectivity index (χ1) is 16.7. The van der Waals surface area contributed by atoms with E-state index in [0.717, 1.165) is 6.07 Å². The van der Waals surface area contributed by atoms with Crippen LogP contribution in [0.15, 0.2) is 59.4 Å². The van der Waals surface area contributed by atoms with Crippen LogP contribution in [-0.2, 0) is 17.5 Å². The maximum absolute atomic E-state index is 13.4. The standard InChI is InChI=1S/C25H24F3N3O4/c1-34-18-9-5-16(6-10-18)23(17-7-11-19(35-2)12-8-17)29-22(32)14-31-24(33)20(25(26,27)28)13-21(30-31)15-3-4-15/h5-13,15,23H,3-4,14H2,1-2H3,(H,29,32). The van der Waals surface area contributed by atoms with Gasteiger partial charge in [0.1, 0.15) is 23.6 Å². The van der Waals surface area contributed by atoms with Crippen LogP contribution >= 0.6 is 0 Å². The highest BCUT2D eigenvalue weighted by Crippen LogP contribution is 2.40. The fourth-order valence-corrected chi connectivity index (χ4v) is 3.75. The molecule has 1 heterocycles. The molecule has 1 aromatic heterocycles. The van der Waals surface area contributed by atoms with Gasteiger partial charge < -0.3 is 14.8 Å². The zero-order valence-corrected chi connectivity index (χ0v) is 19.1. The van der Waals surface area contributed by atoms with Crippen LogP contribution in [-0.4, -0.2) is 29.9 Å². The van der Waals surface area contributed by atoms with Gasteiger partial charge in [0.25, 0.3) is 5.56 Å². The highest BCUT2D eigenvalue weighted by Gasteiger charge is 2.38. The van der Waals surface area contributed by atoms with Crippen molar-refractivity contribution in [1.82, 2.24) is 15.1 Å². The number of ether oxygens (including phenoxy) is 2. The second-order valence-electron chi connectivity index (χ2n) is 8.26. The first kappa shape index (κ1) is 24.3. The van der Waals surface area contributed by atoms with Crippen LogP contribution in [0.4, 0.5) is 13.2 Å². The minimum Gasteiger partial charge on any atom is -0.497 e. The molecular formula is C25H24F3N3O4. The number of halogens is 3. The highest BCUT2D eigenvalue weighted by atomic mass is 19.4. The Morgan fingerprint density at radius 3 is 1.97 bits per heavy atom. The lowest BCUT2D eigenvalue weighted by molar-refractivity contribution is -0.139. The summed E-state index contributed by atoms with van der Waals surface area (Å²) in [5.41, 5.74) is -1.06. The molecule has 0 bridgehead atoms. The Kier molecular flexibility index (Phi) is 6.81. The predicted octanol–water partition coefficient (Wildman–Crippen LogP) is 4.06. The Hall–Kier alpha value is -3.82. The first-order valence-electron chi connectivity index (χ1n) is 11.0. The number of nitrogens with one attached hydrogen (secondary N) is 1. The number of carbonyl (C=O) groups is 1. The van der Waals surface area contributed by atoms with E-state index in [1.807, 2.05) is 0 Å². The van der Waals surface area contributed by atoms with Gasteiger partial charge >= 0.3 is 6.18 Å². The van der Waals surface area contributed by atoms with Crippen LogP contribution in [0.3, 0.4) is 0 Å². The molecule has 10 heteroatoms. The van der Waals surface area contributed by atoms with Crippen LogP contribution in [0.5, 0.6) is 11.5 Å². The van der Waals surface area contributed by atoms with Crippen LogP contribution in [0.25, 0.3) is 0 Å². The summed E-state index contributed by atoms with van der Waals surface area (Å²) in [7, 11) is 3.07. The first-order valence-corrected chi connectivity index (χ1v) is 11.0. The number of carbonyl (C=O) groups excluding carboxylic acids is 1. The molecule has 0 atom stereocenters. The van der Waals surface area contributed by atoms with E-state index < -0.39 is 35.8 Å². The molecule has 1 N–H and O–H groups in total. The average molecular weight is 487 g/mol. The molecule has 1 aliphatic carbocycles. The molecule has 184 valence electrons. The molecule has 3 aromatic rings. The minimum absolute atomic E-state index is 0.127. The quantitative estimate of drug-likeness (QED) is 0.518. The minimum atomic E-state index is -4.84. The van der Waals surface area contributed by atoms with Crippen molar-refractivity contribution in [2.45, 2.75) is 37.5 Å². The molecule has 1 fully saturated rings. The Balaban J connectivity index is 1.64. The van der Waals surface area contributed by atoms with Crippen LogP contribution in [0, 0.1) is 0 Å². The van der Waals surface area contributed by atoms with Crippen LogP contribution < -0.4 is 20.3 Å². The number of hydrogen-bond acceptors (Lipinski definition) is 5. The van der Waals surface area contributed by atoms with E-state index in [1.165, 1.54) is 14.2 Å². The number of amides is 1. The van der Waals surface area contributed by atoms with Gasteiger partial charge in [-0.1, -0.05) is 24.3 Å². The SMILES string of the molecule is COc1ccc(C(NC(=O)Cn2nc(C3CC3)cc(C(F)(F)F)c2=O)c2ccc(OC)cc2)cc1. The lowest BCUT2D eigenvalue weighted by atomic mass is 9.98. The zero-order valence-electron chi connectivity index (χ0n) is 19.1. The van der Waals surface area contributed by atoms with Crippen molar-refractivity contribution in [3.05, 3.63) is 87.3 Å². The van der Waals surface area contributed by atoms with Crippen molar-refractivity contribution in [3.63, 3.8) is 0 Å². The van der Waals surface area contributed by atoms with Crippen LogP contribution in [0.1, 0.15) is 47.2 Å². The van der Waals surface area contributed by atoms with Gasteiger partial charge in [0, 0.05) is 5.92 Å². The van der Waals surface area contributed by atoms with Crippen molar-refractivity contribution in [2.75, 3.05) is 14.2 Å². The maximum Gasteiger partial charge on any atom is 0.421 e. The van der Waals surface area contributed by atoms with Crippen molar-refractivity contribution in [3.8, 4) is 11.5 Å². The van der Waals surface area contributed by atoms with Gasteiger partial charge in [-0.05, 0) is 54.3 Å². The van der Waals surface area contributed by atoms with E-state index in [-0.39, 0.29) is 11.6 Å². The fraction of sp³-hybridized carbons (Fsp3) is 0.320. The fourth-order valence-electron chi connectivity index (χ4n) is 3.75. The van der Waals surface area contributed by atoms with Gasteiger partial charge in [0.15, 0.2) is 0 Å². The predicted molar refractivity (Wildman–Crippen MR) is 121 cm³/mol. The summed E-state index contributed by atoms with van der Waals surface area (Å²) in [4.78, 5) is 25.5. The summed E-state index contributed by atoms with van der Waals surface area (Å²) in [5.74, 6) is 0.469. The molecule has 0 spiro atoms. The van der Waals surface area contributed by atoms with Crippen LogP contribution in [0.2, 0.25) is 0 Å². The van der Waals surface area contributed by atoms with E-state index in [9.17, 15) is 22.8 Å². The second-order valence-corrected chi connectivity index (χ2v) is 8.26. The average Bonchev–Trinajstić information content (AvgIpc) is 3.69. The summed E-state index contributed by atoms with van der Waals surface area (Å²) in [6.45, 7) is -0.648. The Morgan fingerprint density at radius 2 is 1.54 bits per heavy atom. The molecule has 2 aromatic carbocycles. The lowest BCUT2D eigenvalue weighted by Gasteiger charge is -2.21. The topological polar surface area (TPSA) is 82.5 Å². The van der Waals surface area contributed by atoms with Gasteiger partial charge in [0.2, 0.25) is 5.91 Å². The largest absolute Gasteiger partial charge is 0.497 e. The molecule has 1 saturated carbocycles. The number of nitrogens with zero attached hydrogens (tertiary/aromatic N) is 2. The number of aromatic nitrogens is 2. The number of rotatable bonds is 8. The number of methoxy groups -OCH3 is 2. The summed E-state index contributed by atoms with van der Waals surface area (Å²) >= 11 is 0. The highest BCUT2D eigenvalue weighted by molar-refractivity contribution is 5.76. The summed E-state index contributed by atoms with van der Waals surface area (Å²) in [5, 5.41) is 6.88. The Morgan fingerprint density at radius 1 is 1.03 bits per heavy atom. The van der Waals surface area contributed by atoms with E-state index in [2.05, 4.69) is 10.4 Å². The number of alkyl halides is 3. The number of benzene rings is 2. The molecule has 0 radical (unpaired) electrons. The number of hydrogen-bond donors (Lipinski definition) is 1. The molecular weight excluding hydrogens is 463 g/mol. The van der Waals surface area contributed by atoms with E-state index in [0.29, 0.717) is 40.1 Å². The Bertz CT molecular complexity index is 1200. The van der Waals surface area contributed by atoms with Gasteiger partial charge in [-0.15, -0.1) is 0 Å². The molecule has 0 aliphatic heterocycles. The van der Waals surface area contributed by atoms with Gasteiger partial charge in [-0.2, -0.15) is 18.3 Å². The van der Waals surface area contributed by atoms with Crippen molar-refractivity contribution >= 4 is 5.91 Å². The third kappa shape index (κ3) is 5.64. The van der Waals surface area contributed by atoms with E-state index in [4.69, 9.17) is 9.47 Å². The monoisotopic (exact) mass is 487 g/mol. The molecule has 35 heavy (non-hydrogen) atoms. The van der Waals surface area contributed by atoms with Crippen molar-refractivity contribution in [1.29, 1.82) is 0 Å². The maximum atomic E-state index is 13.4. The van der Waals surface area contributed by atoms with E-state index >= 15 is 0 Å². The molecule has 1 amide bonds. The van der Waals surface area contributed by atoms with Gasteiger partial charge in [-0.25, -0.2) is 4.68 Å². The zero-order chi connectivity index (χ0) is 25.2. The second kappa shape index (κ2) is 9.81. The molecule has 0 saturated heterocycles. The molecule has 1 aliphatic rings. The molecule has 0 unspecified atom stereocenters. The van der Waals surface area contributed by atoms with Crippen molar-refractivity contribution in [2.24, 2.45) is 0 Å². The van der Waals surface area contributed by atoms with Gasteiger partial charge in [-0.3, -0.25) is 9.59 Å². The normalized spacial score (nSPS) is 13.5. The summed E-state index contributed by atoms with van der Waals surface area (Å²) in [6, 6.07) is 14.2. The molecule has 4 rings (SSSR count). The third-order valence-corrected chi connectivity index (χ3v) is 5.79. The smallest absolute Gasteiger partial charge is 0.421 e. The van der Waals surface area contributed by atoms with Crippen molar-refractivity contribution < 1.29 is 27.4 Å². The molecule has 7 nitrogen and oxygen atoms in total. The summed E-state index contributed by atoms with van der Waals surface area (Å²) in [6.07, 6.45) is -3.44. The van der Waals surface area contributed by atoms with Gasteiger partial charge in [0.05, 0.1) is 26.0 Å². The Labute approximate surface area is 199 Å². The third-order valence-electron chi connectivity index (χ3n) is 5.79. The summed E-state index contributed by atoms with van der Waals surface area (Å²) < 4.78 is 51.3.